The average molecular weight is 584 g/mol. The molecule has 3 unspecified atom stereocenters. The SMILES string of the molecule is C=C(C)C(=O)OCC(O)COC(=O)CCCCCCCC(Br)C(Br)CCCCCCCC. The number of unbranched alkanes of at least 4 members (excludes halogenated alkanes) is 9. The minimum absolute atomic E-state index is 0.165. The van der Waals surface area contributed by atoms with E-state index >= 15 is 0 Å². The Bertz CT molecular complexity index is 513. The molecule has 0 radical (unpaired) electrons. The van der Waals surface area contributed by atoms with Gasteiger partial charge in [0.1, 0.15) is 19.3 Å². The molecule has 0 fully saturated rings. The van der Waals surface area contributed by atoms with Crippen LogP contribution in [-0.4, -0.2) is 46.0 Å². The van der Waals surface area contributed by atoms with Crippen molar-refractivity contribution in [3.63, 3.8) is 0 Å². The van der Waals surface area contributed by atoms with Crippen molar-refractivity contribution >= 4 is 43.8 Å². The van der Waals surface area contributed by atoms with Crippen LogP contribution in [0.15, 0.2) is 12.2 Å². The van der Waals surface area contributed by atoms with Crippen molar-refractivity contribution in [2.45, 2.75) is 119 Å². The highest BCUT2D eigenvalue weighted by atomic mass is 79.9. The molecule has 0 aliphatic carbocycles. The first-order chi connectivity index (χ1) is 15.3. The fourth-order valence-electron chi connectivity index (χ4n) is 3.22. The lowest BCUT2D eigenvalue weighted by Gasteiger charge is -2.16. The van der Waals surface area contributed by atoms with E-state index < -0.39 is 12.1 Å². The fraction of sp³-hybridized carbons (Fsp3) is 0.840. The molecule has 7 heteroatoms. The number of aliphatic hydroxyl groups is 1. The van der Waals surface area contributed by atoms with Crippen LogP contribution >= 0.6 is 31.9 Å². The highest BCUT2D eigenvalue weighted by Crippen LogP contribution is 2.25. The first-order valence-corrected chi connectivity index (χ1v) is 14.1. The Hall–Kier alpha value is -0.400. The maximum absolute atomic E-state index is 11.7. The van der Waals surface area contributed by atoms with Gasteiger partial charge < -0.3 is 14.6 Å². The van der Waals surface area contributed by atoms with E-state index in [1.54, 1.807) is 0 Å². The predicted octanol–water partition coefficient (Wildman–Crippen LogP) is 7.02. The third-order valence-electron chi connectivity index (χ3n) is 5.28. The van der Waals surface area contributed by atoms with Crippen LogP contribution < -0.4 is 0 Å². The van der Waals surface area contributed by atoms with Gasteiger partial charge >= 0.3 is 11.9 Å². The summed E-state index contributed by atoms with van der Waals surface area (Å²) in [5.41, 5.74) is 0.265. The molecule has 0 bridgehead atoms. The molecule has 0 aromatic rings. The molecule has 0 rings (SSSR count). The Morgan fingerprint density at radius 1 is 0.812 bits per heavy atom. The molecule has 0 aliphatic rings. The van der Waals surface area contributed by atoms with E-state index in [1.165, 1.54) is 71.1 Å². The maximum Gasteiger partial charge on any atom is 0.333 e. The molecule has 0 saturated carbocycles. The zero-order chi connectivity index (χ0) is 24.2. The largest absolute Gasteiger partial charge is 0.463 e. The van der Waals surface area contributed by atoms with Crippen molar-refractivity contribution in [2.24, 2.45) is 0 Å². The van der Waals surface area contributed by atoms with Gasteiger partial charge in [-0.25, -0.2) is 4.79 Å². The summed E-state index contributed by atoms with van der Waals surface area (Å²) in [6.07, 6.45) is 15.0. The molecule has 32 heavy (non-hydrogen) atoms. The van der Waals surface area contributed by atoms with Crippen molar-refractivity contribution < 1.29 is 24.2 Å². The van der Waals surface area contributed by atoms with Crippen LogP contribution in [0.2, 0.25) is 0 Å². The first kappa shape index (κ1) is 31.6. The van der Waals surface area contributed by atoms with Crippen LogP contribution in [0.4, 0.5) is 0 Å². The smallest absolute Gasteiger partial charge is 0.333 e. The second kappa shape index (κ2) is 21.2. The van der Waals surface area contributed by atoms with Crippen molar-refractivity contribution in [3.05, 3.63) is 12.2 Å². The van der Waals surface area contributed by atoms with Crippen LogP contribution in [0.1, 0.15) is 104 Å². The van der Waals surface area contributed by atoms with E-state index in [0.29, 0.717) is 16.1 Å². The van der Waals surface area contributed by atoms with Crippen LogP contribution in [-0.2, 0) is 19.1 Å². The number of aliphatic hydroxyl groups excluding tert-OH is 1. The molecule has 0 amide bonds. The lowest BCUT2D eigenvalue weighted by atomic mass is 10.0. The highest BCUT2D eigenvalue weighted by Gasteiger charge is 2.15. The molecule has 0 aliphatic heterocycles. The van der Waals surface area contributed by atoms with Gasteiger partial charge in [-0.15, -0.1) is 0 Å². The summed E-state index contributed by atoms with van der Waals surface area (Å²) in [6.45, 7) is 6.87. The standard InChI is InChI=1S/C25H44Br2O5/c1-4-5-6-7-9-12-15-22(26)23(27)16-13-10-8-11-14-17-24(29)31-18-21(28)19-32-25(30)20(2)3/h21-23,28H,2,4-19H2,1,3H3. The van der Waals surface area contributed by atoms with Gasteiger partial charge in [-0.3, -0.25) is 4.79 Å². The van der Waals surface area contributed by atoms with Crippen LogP contribution in [0.25, 0.3) is 0 Å². The Labute approximate surface area is 212 Å². The normalized spacial score (nSPS) is 13.9. The summed E-state index contributed by atoms with van der Waals surface area (Å²) < 4.78 is 9.84. The third kappa shape index (κ3) is 19.1. The molecule has 188 valence electrons. The monoisotopic (exact) mass is 582 g/mol. The zero-order valence-electron chi connectivity index (χ0n) is 20.1. The molecule has 1 N–H and O–H groups in total. The van der Waals surface area contributed by atoms with Crippen molar-refractivity contribution in [3.8, 4) is 0 Å². The predicted molar refractivity (Wildman–Crippen MR) is 138 cm³/mol. The molecule has 0 spiro atoms. The minimum Gasteiger partial charge on any atom is -0.463 e. The number of ether oxygens (including phenoxy) is 2. The van der Waals surface area contributed by atoms with Crippen LogP contribution in [0.3, 0.4) is 0 Å². The van der Waals surface area contributed by atoms with Gasteiger partial charge in [0.15, 0.2) is 0 Å². The Morgan fingerprint density at radius 2 is 1.28 bits per heavy atom. The number of hydrogen-bond acceptors (Lipinski definition) is 5. The summed E-state index contributed by atoms with van der Waals surface area (Å²) in [7, 11) is 0. The second-order valence-corrected chi connectivity index (χ2v) is 11.0. The third-order valence-corrected chi connectivity index (χ3v) is 8.18. The number of esters is 2. The molecule has 0 aromatic heterocycles. The highest BCUT2D eigenvalue weighted by molar-refractivity contribution is 9.12. The number of rotatable bonds is 21. The molecular formula is C25H44Br2O5. The Balaban J connectivity index is 3.58. The average Bonchev–Trinajstić information content (AvgIpc) is 2.77. The van der Waals surface area contributed by atoms with E-state index in [2.05, 4.69) is 45.4 Å². The van der Waals surface area contributed by atoms with Gasteiger partial charge in [-0.2, -0.15) is 0 Å². The van der Waals surface area contributed by atoms with Crippen molar-refractivity contribution in [1.82, 2.24) is 0 Å². The quantitative estimate of drug-likeness (QED) is 0.0680. The molecule has 3 atom stereocenters. The van der Waals surface area contributed by atoms with Gasteiger partial charge in [-0.05, 0) is 26.2 Å². The second-order valence-electron chi connectivity index (χ2n) is 8.61. The van der Waals surface area contributed by atoms with E-state index in [-0.39, 0.29) is 24.8 Å². The number of carbonyl (C=O) groups excluding carboxylic acids is 2. The molecular weight excluding hydrogens is 540 g/mol. The number of hydrogen-bond donors (Lipinski definition) is 1. The van der Waals surface area contributed by atoms with Crippen molar-refractivity contribution in [1.29, 1.82) is 0 Å². The molecule has 0 aromatic carbocycles. The first-order valence-electron chi connectivity index (χ1n) is 12.2. The Morgan fingerprint density at radius 3 is 1.81 bits per heavy atom. The fourth-order valence-corrected chi connectivity index (χ4v) is 4.40. The van der Waals surface area contributed by atoms with E-state index in [4.69, 9.17) is 9.47 Å². The molecule has 5 nitrogen and oxygen atoms in total. The topological polar surface area (TPSA) is 72.8 Å². The van der Waals surface area contributed by atoms with Crippen molar-refractivity contribution in [2.75, 3.05) is 13.2 Å². The molecule has 0 saturated heterocycles. The summed E-state index contributed by atoms with van der Waals surface area (Å²) in [5.74, 6) is -0.890. The summed E-state index contributed by atoms with van der Waals surface area (Å²) in [5, 5.41) is 9.68. The summed E-state index contributed by atoms with van der Waals surface area (Å²) in [4.78, 5) is 24.0. The summed E-state index contributed by atoms with van der Waals surface area (Å²) >= 11 is 7.67. The van der Waals surface area contributed by atoms with E-state index in [0.717, 1.165) is 19.3 Å². The van der Waals surface area contributed by atoms with Crippen LogP contribution in [0, 0.1) is 0 Å². The van der Waals surface area contributed by atoms with Gasteiger partial charge in [0, 0.05) is 21.6 Å². The lowest BCUT2D eigenvalue weighted by molar-refractivity contribution is -0.150. The van der Waals surface area contributed by atoms with E-state index in [9.17, 15) is 14.7 Å². The number of carbonyl (C=O) groups is 2. The van der Waals surface area contributed by atoms with Gasteiger partial charge in [0.05, 0.1) is 0 Å². The van der Waals surface area contributed by atoms with Gasteiger partial charge in [0.25, 0.3) is 0 Å². The van der Waals surface area contributed by atoms with Crippen LogP contribution in [0.5, 0.6) is 0 Å². The lowest BCUT2D eigenvalue weighted by Crippen LogP contribution is -2.25. The number of alkyl halides is 2. The van der Waals surface area contributed by atoms with Gasteiger partial charge in [0.2, 0.25) is 0 Å². The summed E-state index contributed by atoms with van der Waals surface area (Å²) in [6, 6.07) is 0. The van der Waals surface area contributed by atoms with E-state index in [1.807, 2.05) is 0 Å². The molecule has 0 heterocycles. The maximum atomic E-state index is 11.7. The minimum atomic E-state index is -1.02. The van der Waals surface area contributed by atoms with Gasteiger partial charge in [-0.1, -0.05) is 110 Å². The number of halogens is 2. The zero-order valence-corrected chi connectivity index (χ0v) is 23.3. The Kier molecular flexibility index (Phi) is 20.9.